The van der Waals surface area contributed by atoms with Gasteiger partial charge in [-0.2, -0.15) is 0 Å². The molecule has 1 amide bonds. The molecule has 2 rings (SSSR count). The van der Waals surface area contributed by atoms with Crippen LogP contribution < -0.4 is 4.90 Å². The summed E-state index contributed by atoms with van der Waals surface area (Å²) in [5.74, 6) is 1.74. The Kier molecular flexibility index (Phi) is 4.08. The summed E-state index contributed by atoms with van der Waals surface area (Å²) in [5, 5.41) is 0. The van der Waals surface area contributed by atoms with Crippen molar-refractivity contribution < 1.29 is 4.79 Å². The van der Waals surface area contributed by atoms with Crippen LogP contribution in [0.5, 0.6) is 0 Å². The van der Waals surface area contributed by atoms with E-state index in [4.69, 9.17) is 0 Å². The molecule has 0 unspecified atom stereocenters. The van der Waals surface area contributed by atoms with Gasteiger partial charge in [0.25, 0.3) is 0 Å². The largest absolute Gasteiger partial charge is 0.353 e. The highest BCUT2D eigenvalue weighted by Crippen LogP contribution is 2.22. The van der Waals surface area contributed by atoms with Gasteiger partial charge >= 0.3 is 0 Å². The van der Waals surface area contributed by atoms with Crippen molar-refractivity contribution in [3.05, 3.63) is 23.4 Å². The van der Waals surface area contributed by atoms with Crippen LogP contribution in [0.1, 0.15) is 37.8 Å². The summed E-state index contributed by atoms with van der Waals surface area (Å²) in [4.78, 5) is 20.1. The van der Waals surface area contributed by atoms with Crippen molar-refractivity contribution in [1.29, 1.82) is 0 Å². The third-order valence-electron chi connectivity index (χ3n) is 3.76. The number of nitrogens with zero attached hydrogens (tertiary/aromatic N) is 3. The van der Waals surface area contributed by atoms with E-state index >= 15 is 0 Å². The Bertz CT molecular complexity index is 462. The smallest absolute Gasteiger partial charge is 0.219 e. The number of hydrogen-bond donors (Lipinski definition) is 0. The number of hydrogen-bond acceptors (Lipinski definition) is 3. The first-order chi connectivity index (χ1) is 8.99. The van der Waals surface area contributed by atoms with Gasteiger partial charge in [-0.1, -0.05) is 19.9 Å². The predicted molar refractivity (Wildman–Crippen MR) is 77.5 cm³/mol. The van der Waals surface area contributed by atoms with Gasteiger partial charge in [-0.15, -0.1) is 0 Å². The normalized spacial score (nSPS) is 16.1. The van der Waals surface area contributed by atoms with E-state index in [0.29, 0.717) is 5.92 Å². The lowest BCUT2D eigenvalue weighted by molar-refractivity contribution is -0.129. The van der Waals surface area contributed by atoms with Crippen molar-refractivity contribution in [1.82, 2.24) is 9.88 Å². The van der Waals surface area contributed by atoms with Crippen molar-refractivity contribution in [3.63, 3.8) is 0 Å². The van der Waals surface area contributed by atoms with Crippen molar-refractivity contribution >= 4 is 11.7 Å². The number of aryl methyl sites for hydroxylation is 1. The lowest BCUT2D eigenvalue weighted by atomic mass is 10.0. The fourth-order valence-corrected chi connectivity index (χ4v) is 2.47. The number of carbonyl (C=O) groups is 1. The minimum absolute atomic E-state index is 0.166. The number of pyridine rings is 1. The molecule has 1 fully saturated rings. The van der Waals surface area contributed by atoms with Gasteiger partial charge in [0.1, 0.15) is 5.82 Å². The maximum atomic E-state index is 11.3. The van der Waals surface area contributed by atoms with Crippen LogP contribution in [0.2, 0.25) is 0 Å². The molecule has 0 aromatic carbocycles. The average molecular weight is 261 g/mol. The van der Waals surface area contributed by atoms with Crippen LogP contribution in [0.25, 0.3) is 0 Å². The quantitative estimate of drug-likeness (QED) is 0.818. The van der Waals surface area contributed by atoms with E-state index in [0.717, 1.165) is 32.0 Å². The molecule has 0 N–H and O–H groups in total. The van der Waals surface area contributed by atoms with Crippen molar-refractivity contribution in [2.75, 3.05) is 31.1 Å². The standard InChI is InChI=1S/C15H23N3O/c1-11(2)14-9-12(3)15(16-10-14)18-7-5-17(6-8-18)13(4)19/h9-11H,5-8H2,1-4H3. The minimum Gasteiger partial charge on any atom is -0.353 e. The van der Waals surface area contributed by atoms with E-state index < -0.39 is 0 Å². The SMILES string of the molecule is CC(=O)N1CCN(c2ncc(C(C)C)cc2C)CC1. The van der Waals surface area contributed by atoms with Gasteiger partial charge in [-0.3, -0.25) is 4.79 Å². The number of anilines is 1. The van der Waals surface area contributed by atoms with E-state index in [9.17, 15) is 4.79 Å². The summed E-state index contributed by atoms with van der Waals surface area (Å²) in [6.45, 7) is 11.4. The fourth-order valence-electron chi connectivity index (χ4n) is 2.47. The first-order valence-corrected chi connectivity index (χ1v) is 6.96. The monoisotopic (exact) mass is 261 g/mol. The molecule has 1 aromatic rings. The number of carbonyl (C=O) groups excluding carboxylic acids is 1. The third kappa shape index (κ3) is 3.06. The molecule has 104 valence electrons. The highest BCUT2D eigenvalue weighted by Gasteiger charge is 2.20. The Morgan fingerprint density at radius 1 is 1.26 bits per heavy atom. The summed E-state index contributed by atoms with van der Waals surface area (Å²) in [6.07, 6.45) is 1.98. The zero-order chi connectivity index (χ0) is 14.0. The van der Waals surface area contributed by atoms with E-state index in [-0.39, 0.29) is 5.91 Å². The van der Waals surface area contributed by atoms with E-state index in [1.807, 2.05) is 11.1 Å². The van der Waals surface area contributed by atoms with Gasteiger partial charge in [0.2, 0.25) is 5.91 Å². The summed E-state index contributed by atoms with van der Waals surface area (Å²) in [5.41, 5.74) is 2.51. The van der Waals surface area contributed by atoms with Crippen LogP contribution in [-0.4, -0.2) is 42.0 Å². The van der Waals surface area contributed by atoms with Crippen LogP contribution in [-0.2, 0) is 4.79 Å². The number of amides is 1. The lowest BCUT2D eigenvalue weighted by Crippen LogP contribution is -2.48. The maximum Gasteiger partial charge on any atom is 0.219 e. The average Bonchev–Trinajstić information content (AvgIpc) is 2.38. The van der Waals surface area contributed by atoms with Crippen molar-refractivity contribution in [2.24, 2.45) is 0 Å². The van der Waals surface area contributed by atoms with E-state index in [1.54, 1.807) is 6.92 Å². The summed E-state index contributed by atoms with van der Waals surface area (Å²) in [6, 6.07) is 2.23. The van der Waals surface area contributed by atoms with Gasteiger partial charge in [0.05, 0.1) is 0 Å². The fraction of sp³-hybridized carbons (Fsp3) is 0.600. The zero-order valence-electron chi connectivity index (χ0n) is 12.3. The van der Waals surface area contributed by atoms with E-state index in [2.05, 4.69) is 36.7 Å². The predicted octanol–water partition coefficient (Wildman–Crippen LogP) is 2.18. The summed E-state index contributed by atoms with van der Waals surface area (Å²) < 4.78 is 0. The molecule has 0 spiro atoms. The molecular formula is C15H23N3O. The number of piperazine rings is 1. The molecule has 0 atom stereocenters. The van der Waals surface area contributed by atoms with Gasteiger partial charge < -0.3 is 9.80 Å². The van der Waals surface area contributed by atoms with Gasteiger partial charge in [-0.05, 0) is 24.0 Å². The van der Waals surface area contributed by atoms with Gasteiger partial charge in [0, 0.05) is 39.3 Å². The second-order valence-electron chi connectivity index (χ2n) is 5.56. The molecule has 4 heteroatoms. The highest BCUT2D eigenvalue weighted by atomic mass is 16.2. The number of rotatable bonds is 2. The molecule has 4 nitrogen and oxygen atoms in total. The van der Waals surface area contributed by atoms with Gasteiger partial charge in [0.15, 0.2) is 0 Å². The van der Waals surface area contributed by atoms with Crippen LogP contribution in [0.4, 0.5) is 5.82 Å². The van der Waals surface area contributed by atoms with Crippen LogP contribution in [0.3, 0.4) is 0 Å². The van der Waals surface area contributed by atoms with Crippen LogP contribution >= 0.6 is 0 Å². The third-order valence-corrected chi connectivity index (χ3v) is 3.76. The summed E-state index contributed by atoms with van der Waals surface area (Å²) >= 11 is 0. The molecule has 0 radical (unpaired) electrons. The lowest BCUT2D eigenvalue weighted by Gasteiger charge is -2.35. The second-order valence-corrected chi connectivity index (χ2v) is 5.56. The Hall–Kier alpha value is -1.58. The van der Waals surface area contributed by atoms with Crippen molar-refractivity contribution in [2.45, 2.75) is 33.6 Å². The topological polar surface area (TPSA) is 36.4 Å². The van der Waals surface area contributed by atoms with E-state index in [1.165, 1.54) is 11.1 Å². The molecule has 1 saturated heterocycles. The minimum atomic E-state index is 0.166. The zero-order valence-corrected chi connectivity index (χ0v) is 12.3. The van der Waals surface area contributed by atoms with Crippen molar-refractivity contribution in [3.8, 4) is 0 Å². The highest BCUT2D eigenvalue weighted by molar-refractivity contribution is 5.73. The molecule has 0 aliphatic carbocycles. The molecule has 1 aliphatic rings. The Balaban J connectivity index is 2.09. The maximum absolute atomic E-state index is 11.3. The molecule has 1 aromatic heterocycles. The molecule has 2 heterocycles. The first kappa shape index (κ1) is 13.8. The second kappa shape index (κ2) is 5.59. The molecule has 0 bridgehead atoms. The van der Waals surface area contributed by atoms with Gasteiger partial charge in [-0.25, -0.2) is 4.98 Å². The molecule has 19 heavy (non-hydrogen) atoms. The van der Waals surface area contributed by atoms with Crippen LogP contribution in [0.15, 0.2) is 12.3 Å². The number of aromatic nitrogens is 1. The Morgan fingerprint density at radius 3 is 2.37 bits per heavy atom. The Labute approximate surface area is 115 Å². The van der Waals surface area contributed by atoms with Crippen LogP contribution in [0, 0.1) is 6.92 Å². The molecular weight excluding hydrogens is 238 g/mol. The Morgan fingerprint density at radius 2 is 1.89 bits per heavy atom. The molecule has 1 aliphatic heterocycles. The molecule has 0 saturated carbocycles. The summed E-state index contributed by atoms with van der Waals surface area (Å²) in [7, 11) is 0. The first-order valence-electron chi connectivity index (χ1n) is 6.96.